The second-order valence-corrected chi connectivity index (χ2v) is 12.0. The van der Waals surface area contributed by atoms with Crippen LogP contribution >= 0.6 is 0 Å². The fourth-order valence-electron chi connectivity index (χ4n) is 5.14. The van der Waals surface area contributed by atoms with Crippen LogP contribution in [0.2, 0.25) is 0 Å². The van der Waals surface area contributed by atoms with E-state index in [4.69, 9.17) is 4.74 Å². The molecule has 36 heavy (non-hydrogen) atoms. The van der Waals surface area contributed by atoms with Gasteiger partial charge in [-0.15, -0.1) is 0 Å². The van der Waals surface area contributed by atoms with Crippen molar-refractivity contribution in [1.82, 2.24) is 0 Å². The first kappa shape index (κ1) is 35.5. The Hall–Kier alpha value is -0.530. The summed E-state index contributed by atoms with van der Waals surface area (Å²) in [7, 11) is 0. The number of rotatable bonds is 30. The van der Waals surface area contributed by atoms with Gasteiger partial charge >= 0.3 is 5.97 Å². The highest BCUT2D eigenvalue weighted by Gasteiger charge is 2.03. The summed E-state index contributed by atoms with van der Waals surface area (Å²) in [6, 6.07) is 0. The van der Waals surface area contributed by atoms with Gasteiger partial charge in [-0.2, -0.15) is 0 Å². The normalized spacial score (nSPS) is 11.4. The fraction of sp³-hybridized carbons (Fsp3) is 0.971. The van der Waals surface area contributed by atoms with Crippen molar-refractivity contribution in [2.45, 2.75) is 201 Å². The highest BCUT2D eigenvalue weighted by atomic mass is 16.5. The zero-order valence-electron chi connectivity index (χ0n) is 25.4. The number of hydrogen-bond donors (Lipinski definition) is 0. The van der Waals surface area contributed by atoms with Crippen molar-refractivity contribution in [1.29, 1.82) is 0 Å². The molecule has 0 aromatic carbocycles. The van der Waals surface area contributed by atoms with Crippen LogP contribution in [0.1, 0.15) is 201 Å². The van der Waals surface area contributed by atoms with E-state index in [1.165, 1.54) is 161 Å². The van der Waals surface area contributed by atoms with E-state index < -0.39 is 0 Å². The predicted octanol–water partition coefficient (Wildman–Crippen LogP) is 12.1. The quantitative estimate of drug-likeness (QED) is 0.0712. The van der Waals surface area contributed by atoms with Crippen LogP contribution < -0.4 is 0 Å². The Kier molecular flexibility index (Phi) is 30.2. The molecule has 0 aromatic rings. The number of hydrogen-bond acceptors (Lipinski definition) is 2. The SMILES string of the molecule is CCCCCCCCCCCCCCCCCCCCCC(=O)OCCCCCCCCCC(C)C. The van der Waals surface area contributed by atoms with Crippen LogP contribution in [0.5, 0.6) is 0 Å². The molecule has 0 fully saturated rings. The van der Waals surface area contributed by atoms with Crippen LogP contribution in [0, 0.1) is 5.92 Å². The summed E-state index contributed by atoms with van der Waals surface area (Å²) < 4.78 is 5.41. The highest BCUT2D eigenvalue weighted by molar-refractivity contribution is 5.69. The molecule has 2 nitrogen and oxygen atoms in total. The Morgan fingerprint density at radius 3 is 1.19 bits per heavy atom. The van der Waals surface area contributed by atoms with Gasteiger partial charge in [0.2, 0.25) is 0 Å². The molecule has 0 N–H and O–H groups in total. The third-order valence-electron chi connectivity index (χ3n) is 7.67. The molecule has 0 heterocycles. The topological polar surface area (TPSA) is 26.3 Å². The lowest BCUT2D eigenvalue weighted by molar-refractivity contribution is -0.143. The Bertz CT molecular complexity index is 417. The van der Waals surface area contributed by atoms with Gasteiger partial charge in [-0.1, -0.05) is 181 Å². The largest absolute Gasteiger partial charge is 0.466 e. The molecule has 0 bridgehead atoms. The van der Waals surface area contributed by atoms with Crippen LogP contribution in [0.15, 0.2) is 0 Å². The van der Waals surface area contributed by atoms with E-state index in [1.807, 2.05) is 0 Å². The van der Waals surface area contributed by atoms with Gasteiger partial charge in [0.05, 0.1) is 6.61 Å². The third kappa shape index (κ3) is 31.5. The van der Waals surface area contributed by atoms with E-state index in [9.17, 15) is 4.79 Å². The zero-order valence-corrected chi connectivity index (χ0v) is 25.4. The molecule has 0 unspecified atom stereocenters. The van der Waals surface area contributed by atoms with Crippen molar-refractivity contribution in [3.8, 4) is 0 Å². The van der Waals surface area contributed by atoms with Crippen molar-refractivity contribution >= 4 is 5.97 Å². The molecule has 0 amide bonds. The van der Waals surface area contributed by atoms with E-state index >= 15 is 0 Å². The molecule has 0 radical (unpaired) electrons. The maximum atomic E-state index is 11.9. The van der Waals surface area contributed by atoms with E-state index in [-0.39, 0.29) is 5.97 Å². The molecule has 0 aliphatic heterocycles. The van der Waals surface area contributed by atoms with Gasteiger partial charge in [0, 0.05) is 6.42 Å². The number of carbonyl (C=O) groups is 1. The Labute approximate surface area is 228 Å². The minimum absolute atomic E-state index is 0.0238. The summed E-state index contributed by atoms with van der Waals surface area (Å²) in [5.74, 6) is 0.870. The number of ether oxygens (including phenoxy) is 1. The molecule has 0 rings (SSSR count). The summed E-state index contributed by atoms with van der Waals surface area (Å²) in [6.07, 6.45) is 37.3. The first-order chi connectivity index (χ1) is 17.7. The molecule has 0 saturated carbocycles. The lowest BCUT2D eigenvalue weighted by Crippen LogP contribution is -2.05. The Morgan fingerprint density at radius 1 is 0.472 bits per heavy atom. The smallest absolute Gasteiger partial charge is 0.305 e. The number of carbonyl (C=O) groups excluding carboxylic acids is 1. The van der Waals surface area contributed by atoms with Gasteiger partial charge in [0.15, 0.2) is 0 Å². The predicted molar refractivity (Wildman–Crippen MR) is 161 cm³/mol. The van der Waals surface area contributed by atoms with Gasteiger partial charge in [0.1, 0.15) is 0 Å². The first-order valence-corrected chi connectivity index (χ1v) is 16.8. The lowest BCUT2D eigenvalue weighted by atomic mass is 10.0. The van der Waals surface area contributed by atoms with Gasteiger partial charge in [0.25, 0.3) is 0 Å². The maximum absolute atomic E-state index is 11.9. The van der Waals surface area contributed by atoms with E-state index in [2.05, 4.69) is 20.8 Å². The van der Waals surface area contributed by atoms with Crippen LogP contribution in [0.4, 0.5) is 0 Å². The van der Waals surface area contributed by atoms with Crippen LogP contribution in [-0.2, 0) is 9.53 Å². The average Bonchev–Trinajstić information content (AvgIpc) is 2.86. The minimum atomic E-state index is 0.0238. The molecular weight excluding hydrogens is 440 g/mol. The lowest BCUT2D eigenvalue weighted by Gasteiger charge is -2.06. The number of esters is 1. The summed E-state index contributed by atoms with van der Waals surface area (Å²) in [4.78, 5) is 11.9. The van der Waals surface area contributed by atoms with Crippen LogP contribution in [0.25, 0.3) is 0 Å². The molecule has 0 saturated heterocycles. The van der Waals surface area contributed by atoms with E-state index in [0.717, 1.165) is 18.8 Å². The van der Waals surface area contributed by atoms with Crippen molar-refractivity contribution < 1.29 is 9.53 Å². The average molecular weight is 509 g/mol. The summed E-state index contributed by atoms with van der Waals surface area (Å²) in [5.41, 5.74) is 0. The summed E-state index contributed by atoms with van der Waals surface area (Å²) in [5, 5.41) is 0. The maximum Gasteiger partial charge on any atom is 0.305 e. The Balaban J connectivity index is 3.14. The monoisotopic (exact) mass is 509 g/mol. The second kappa shape index (κ2) is 30.7. The van der Waals surface area contributed by atoms with Gasteiger partial charge in [-0.25, -0.2) is 0 Å². The zero-order chi connectivity index (χ0) is 26.4. The Morgan fingerprint density at radius 2 is 0.806 bits per heavy atom. The fourth-order valence-corrected chi connectivity index (χ4v) is 5.14. The molecule has 0 atom stereocenters. The van der Waals surface area contributed by atoms with Crippen molar-refractivity contribution in [2.75, 3.05) is 6.61 Å². The van der Waals surface area contributed by atoms with Crippen molar-refractivity contribution in [3.63, 3.8) is 0 Å². The van der Waals surface area contributed by atoms with Gasteiger partial charge in [-0.3, -0.25) is 4.79 Å². The first-order valence-electron chi connectivity index (χ1n) is 16.8. The summed E-state index contributed by atoms with van der Waals surface area (Å²) >= 11 is 0. The van der Waals surface area contributed by atoms with E-state index in [1.54, 1.807) is 0 Å². The van der Waals surface area contributed by atoms with Crippen molar-refractivity contribution in [3.05, 3.63) is 0 Å². The standard InChI is InChI=1S/C34H68O2/c1-4-5-6-7-8-9-10-11-12-13-14-15-16-17-18-19-22-25-28-31-34(35)36-32-29-26-23-20-21-24-27-30-33(2)3/h33H,4-32H2,1-3H3. The molecule has 216 valence electrons. The van der Waals surface area contributed by atoms with Crippen molar-refractivity contribution in [2.24, 2.45) is 5.92 Å². The molecule has 0 spiro atoms. The van der Waals surface area contributed by atoms with Crippen LogP contribution in [0.3, 0.4) is 0 Å². The minimum Gasteiger partial charge on any atom is -0.466 e. The third-order valence-corrected chi connectivity index (χ3v) is 7.67. The van der Waals surface area contributed by atoms with Crippen LogP contribution in [-0.4, -0.2) is 12.6 Å². The molecular formula is C34H68O2. The highest BCUT2D eigenvalue weighted by Crippen LogP contribution is 2.15. The molecule has 0 aliphatic rings. The summed E-state index contributed by atoms with van der Waals surface area (Å²) in [6.45, 7) is 7.54. The van der Waals surface area contributed by atoms with Gasteiger partial charge in [-0.05, 0) is 18.8 Å². The number of unbranched alkanes of at least 4 members (excludes halogenated alkanes) is 24. The molecule has 0 aliphatic carbocycles. The molecule has 2 heteroatoms. The second-order valence-electron chi connectivity index (χ2n) is 12.0. The molecule has 0 aromatic heterocycles. The van der Waals surface area contributed by atoms with E-state index in [0.29, 0.717) is 13.0 Å². The van der Waals surface area contributed by atoms with Gasteiger partial charge < -0.3 is 4.74 Å².